The van der Waals surface area contributed by atoms with Crippen LogP contribution in [0.25, 0.3) is 11.0 Å². The predicted octanol–water partition coefficient (Wildman–Crippen LogP) is 1.94. The van der Waals surface area contributed by atoms with Gasteiger partial charge in [-0.05, 0) is 6.42 Å². The molecule has 0 radical (unpaired) electrons. The largest absolute Gasteiger partial charge is 0.408 e. The summed E-state index contributed by atoms with van der Waals surface area (Å²) < 4.78 is 38.2. The van der Waals surface area contributed by atoms with Gasteiger partial charge in [0.1, 0.15) is 18.7 Å². The second-order valence-electron chi connectivity index (χ2n) is 5.47. The maximum absolute atomic E-state index is 12.5. The Morgan fingerprint density at radius 2 is 2.15 bits per heavy atom. The van der Waals surface area contributed by atoms with Gasteiger partial charge in [0.05, 0.1) is 17.3 Å². The molecule has 0 fully saturated rings. The molecule has 0 atom stereocenters. The molecule has 0 aliphatic carbocycles. The zero-order valence-electron chi connectivity index (χ0n) is 13.4. The predicted molar refractivity (Wildman–Crippen MR) is 86.3 cm³/mol. The van der Waals surface area contributed by atoms with E-state index < -0.39 is 12.7 Å². The molecule has 0 aliphatic rings. The van der Waals surface area contributed by atoms with Gasteiger partial charge in [0.25, 0.3) is 0 Å². The summed E-state index contributed by atoms with van der Waals surface area (Å²) in [6, 6.07) is 0. The molecule has 0 spiro atoms. The van der Waals surface area contributed by atoms with Gasteiger partial charge in [-0.3, -0.25) is 14.6 Å². The molecule has 0 saturated carbocycles. The van der Waals surface area contributed by atoms with Crippen LogP contribution in [0, 0.1) is 0 Å². The van der Waals surface area contributed by atoms with Crippen LogP contribution < -0.4 is 10.6 Å². The topological polar surface area (TPSA) is 113 Å². The maximum Gasteiger partial charge on any atom is 0.408 e. The fourth-order valence-electron chi connectivity index (χ4n) is 2.29. The van der Waals surface area contributed by atoms with Gasteiger partial charge in [0, 0.05) is 25.4 Å². The third-order valence-corrected chi connectivity index (χ3v) is 3.36. The van der Waals surface area contributed by atoms with Gasteiger partial charge >= 0.3 is 6.18 Å². The van der Waals surface area contributed by atoms with E-state index in [9.17, 15) is 18.0 Å². The lowest BCUT2D eigenvalue weighted by Gasteiger charge is -2.06. The van der Waals surface area contributed by atoms with Crippen molar-refractivity contribution in [2.45, 2.75) is 25.6 Å². The van der Waals surface area contributed by atoms with Gasteiger partial charge < -0.3 is 10.6 Å². The van der Waals surface area contributed by atoms with Crippen molar-refractivity contribution in [3.8, 4) is 0 Å². The van der Waals surface area contributed by atoms with E-state index in [1.807, 2.05) is 0 Å². The zero-order valence-corrected chi connectivity index (χ0v) is 13.4. The Morgan fingerprint density at radius 3 is 2.88 bits per heavy atom. The van der Waals surface area contributed by atoms with Crippen LogP contribution in [0.15, 0.2) is 24.9 Å². The van der Waals surface area contributed by atoms with Crippen molar-refractivity contribution >= 4 is 28.4 Å². The zero-order chi connectivity index (χ0) is 18.6. The number of anilines is 2. The summed E-state index contributed by atoms with van der Waals surface area (Å²) in [4.78, 5) is 19.6. The summed E-state index contributed by atoms with van der Waals surface area (Å²) in [6.07, 6.45) is 1.92. The molecule has 3 N–H and O–H groups in total. The number of carbonyl (C=O) groups is 1. The minimum atomic E-state index is -4.37. The standard InChI is InChI=1S/C14H15F3N8O/c15-14(16,17)7-25-6-10-12(19-8-20-13(10)24-25)18-3-1-2-11(26)23-9-4-21-22-5-9/h4-6,8H,1-3,7H2,(H,21,22)(H,23,26)(H,18,19,20,24). The van der Waals surface area contributed by atoms with Crippen LogP contribution in [0.1, 0.15) is 12.8 Å². The van der Waals surface area contributed by atoms with Crippen LogP contribution in [0.2, 0.25) is 0 Å². The van der Waals surface area contributed by atoms with E-state index in [-0.39, 0.29) is 18.0 Å². The number of hydrogen-bond acceptors (Lipinski definition) is 6. The molecule has 0 saturated heterocycles. The highest BCUT2D eigenvalue weighted by Gasteiger charge is 2.28. The molecule has 12 heteroatoms. The lowest BCUT2D eigenvalue weighted by Crippen LogP contribution is -2.17. The van der Waals surface area contributed by atoms with Crippen LogP contribution in [0.5, 0.6) is 0 Å². The number of fused-ring (bicyclic) bond motifs is 1. The second kappa shape index (κ2) is 7.37. The number of aromatic amines is 1. The van der Waals surface area contributed by atoms with E-state index in [1.54, 1.807) is 6.20 Å². The van der Waals surface area contributed by atoms with Crippen LogP contribution in [-0.4, -0.2) is 48.6 Å². The van der Waals surface area contributed by atoms with Crippen LogP contribution in [0.4, 0.5) is 24.7 Å². The van der Waals surface area contributed by atoms with Crippen molar-refractivity contribution in [1.29, 1.82) is 0 Å². The first-order valence-corrected chi connectivity index (χ1v) is 7.68. The molecule has 3 rings (SSSR count). The second-order valence-corrected chi connectivity index (χ2v) is 5.47. The molecule has 0 aromatic carbocycles. The Bertz CT molecular complexity index is 874. The summed E-state index contributed by atoms with van der Waals surface area (Å²) in [5, 5.41) is 16.1. The van der Waals surface area contributed by atoms with Crippen molar-refractivity contribution in [1.82, 2.24) is 29.9 Å². The van der Waals surface area contributed by atoms with E-state index in [2.05, 4.69) is 35.9 Å². The van der Waals surface area contributed by atoms with Crippen molar-refractivity contribution in [2.75, 3.05) is 17.2 Å². The van der Waals surface area contributed by atoms with Gasteiger partial charge in [0.2, 0.25) is 5.91 Å². The fourth-order valence-corrected chi connectivity index (χ4v) is 2.29. The SMILES string of the molecule is O=C(CCCNc1ncnc2nn(CC(F)(F)F)cc12)Nc1cn[nH]c1. The number of nitrogens with zero attached hydrogens (tertiary/aromatic N) is 5. The first-order valence-electron chi connectivity index (χ1n) is 7.68. The van der Waals surface area contributed by atoms with E-state index in [4.69, 9.17) is 0 Å². The highest BCUT2D eigenvalue weighted by molar-refractivity contribution is 5.90. The van der Waals surface area contributed by atoms with E-state index in [0.29, 0.717) is 29.9 Å². The number of H-pyrrole nitrogens is 1. The molecule has 3 aromatic rings. The van der Waals surface area contributed by atoms with Gasteiger partial charge in [0.15, 0.2) is 5.65 Å². The Labute approximate surface area is 145 Å². The third-order valence-electron chi connectivity index (χ3n) is 3.36. The summed E-state index contributed by atoms with van der Waals surface area (Å²) in [7, 11) is 0. The Kier molecular flexibility index (Phi) is 5.00. The number of rotatable bonds is 7. The first kappa shape index (κ1) is 17.6. The average molecular weight is 368 g/mol. The quantitative estimate of drug-likeness (QED) is 0.549. The molecular formula is C14H15F3N8O. The van der Waals surface area contributed by atoms with Crippen LogP contribution >= 0.6 is 0 Å². The van der Waals surface area contributed by atoms with Crippen molar-refractivity contribution in [3.05, 3.63) is 24.9 Å². The molecule has 3 aromatic heterocycles. The van der Waals surface area contributed by atoms with Gasteiger partial charge in [-0.2, -0.15) is 23.4 Å². The van der Waals surface area contributed by atoms with Crippen molar-refractivity contribution in [3.63, 3.8) is 0 Å². The van der Waals surface area contributed by atoms with E-state index in [1.165, 1.54) is 18.7 Å². The molecule has 0 unspecified atom stereocenters. The van der Waals surface area contributed by atoms with Gasteiger partial charge in [-0.1, -0.05) is 0 Å². The highest BCUT2D eigenvalue weighted by atomic mass is 19.4. The normalized spacial score (nSPS) is 11.7. The lowest BCUT2D eigenvalue weighted by atomic mass is 10.3. The number of hydrogen-bond donors (Lipinski definition) is 3. The van der Waals surface area contributed by atoms with Crippen molar-refractivity contribution in [2.24, 2.45) is 0 Å². The molecule has 9 nitrogen and oxygen atoms in total. The molecule has 26 heavy (non-hydrogen) atoms. The number of nitrogens with one attached hydrogen (secondary N) is 3. The summed E-state index contributed by atoms with van der Waals surface area (Å²) >= 11 is 0. The number of carbonyl (C=O) groups excluding carboxylic acids is 1. The number of amides is 1. The highest BCUT2D eigenvalue weighted by Crippen LogP contribution is 2.21. The monoisotopic (exact) mass is 368 g/mol. The molecule has 0 bridgehead atoms. The average Bonchev–Trinajstić information content (AvgIpc) is 3.19. The minimum Gasteiger partial charge on any atom is -0.369 e. The molecule has 3 heterocycles. The summed E-state index contributed by atoms with van der Waals surface area (Å²) in [5.41, 5.74) is 0.752. The Morgan fingerprint density at radius 1 is 1.31 bits per heavy atom. The number of aromatic nitrogens is 6. The summed E-state index contributed by atoms with van der Waals surface area (Å²) in [5.74, 6) is 0.206. The van der Waals surface area contributed by atoms with Crippen LogP contribution in [0.3, 0.4) is 0 Å². The molecule has 0 aliphatic heterocycles. The van der Waals surface area contributed by atoms with Crippen molar-refractivity contribution < 1.29 is 18.0 Å². The lowest BCUT2D eigenvalue weighted by molar-refractivity contribution is -0.142. The Hall–Kier alpha value is -3.18. The minimum absolute atomic E-state index is 0.168. The van der Waals surface area contributed by atoms with Crippen LogP contribution in [-0.2, 0) is 11.3 Å². The molecule has 1 amide bonds. The smallest absolute Gasteiger partial charge is 0.369 e. The fraction of sp³-hybridized carbons (Fsp3) is 0.357. The third kappa shape index (κ3) is 4.68. The molecular weight excluding hydrogens is 353 g/mol. The number of halogens is 3. The Balaban J connectivity index is 1.54. The maximum atomic E-state index is 12.5. The van der Waals surface area contributed by atoms with E-state index in [0.717, 1.165) is 4.68 Å². The first-order chi connectivity index (χ1) is 12.4. The van der Waals surface area contributed by atoms with Gasteiger partial charge in [-0.25, -0.2) is 9.97 Å². The van der Waals surface area contributed by atoms with Gasteiger partial charge in [-0.15, -0.1) is 0 Å². The van der Waals surface area contributed by atoms with E-state index >= 15 is 0 Å². The number of alkyl halides is 3. The molecule has 138 valence electrons. The summed E-state index contributed by atoms with van der Waals surface area (Å²) in [6.45, 7) is -0.785.